The van der Waals surface area contributed by atoms with Gasteiger partial charge >= 0.3 is 10.1 Å². The van der Waals surface area contributed by atoms with Crippen molar-refractivity contribution in [3.05, 3.63) is 24.0 Å². The van der Waals surface area contributed by atoms with Crippen LogP contribution in [0.1, 0.15) is 6.42 Å². The molecule has 0 aromatic heterocycles. The van der Waals surface area contributed by atoms with Crippen LogP contribution in [0.3, 0.4) is 0 Å². The van der Waals surface area contributed by atoms with Crippen LogP contribution in [0.5, 0.6) is 0 Å². The third kappa shape index (κ3) is 2.59. The summed E-state index contributed by atoms with van der Waals surface area (Å²) in [7, 11) is -3.06. The van der Waals surface area contributed by atoms with Gasteiger partial charge < -0.3 is 10.2 Å². The summed E-state index contributed by atoms with van der Waals surface area (Å²) in [6.45, 7) is 0. The first-order valence-corrected chi connectivity index (χ1v) is 4.93. The first-order chi connectivity index (χ1) is 5.91. The third-order valence-electron chi connectivity index (χ3n) is 1.77. The summed E-state index contributed by atoms with van der Waals surface area (Å²) in [5.41, 5.74) is 0. The summed E-state index contributed by atoms with van der Waals surface area (Å²) in [6, 6.07) is 0. The molecule has 75 valence electrons. The minimum absolute atomic E-state index is 0. The van der Waals surface area contributed by atoms with E-state index in [4.69, 9.17) is 5.11 Å². The Labute approximate surface area is 104 Å². The fraction of sp³-hybridized carbons (Fsp3) is 0.429. The molecule has 0 fully saturated rings. The van der Waals surface area contributed by atoms with Gasteiger partial charge in [-0.3, -0.25) is 4.18 Å². The van der Waals surface area contributed by atoms with Gasteiger partial charge in [0.05, 0.1) is 7.11 Å². The van der Waals surface area contributed by atoms with E-state index in [1.54, 1.807) is 0 Å². The van der Waals surface area contributed by atoms with E-state index in [-0.39, 0.29) is 41.7 Å². The fourth-order valence-corrected chi connectivity index (χ4v) is 1.74. The molecule has 7 heteroatoms. The Kier molecular flexibility index (Phi) is 4.83. The SMILES string of the molecule is COS(=O)(=O)C1(O)C=CC(O)=CC1.[Na]. The second-order valence-electron chi connectivity index (χ2n) is 2.63. The van der Waals surface area contributed by atoms with E-state index in [1.807, 2.05) is 0 Å². The van der Waals surface area contributed by atoms with E-state index in [1.165, 1.54) is 6.08 Å². The summed E-state index contributed by atoms with van der Waals surface area (Å²) in [4.78, 5) is -2.06. The van der Waals surface area contributed by atoms with E-state index in [0.29, 0.717) is 0 Å². The molecule has 2 N–H and O–H groups in total. The summed E-state index contributed by atoms with van der Waals surface area (Å²) >= 11 is 0. The van der Waals surface area contributed by atoms with Crippen molar-refractivity contribution in [2.45, 2.75) is 11.4 Å². The topological polar surface area (TPSA) is 83.8 Å². The van der Waals surface area contributed by atoms with E-state index >= 15 is 0 Å². The second kappa shape index (κ2) is 4.78. The second-order valence-corrected chi connectivity index (χ2v) is 4.58. The van der Waals surface area contributed by atoms with Gasteiger partial charge in [0, 0.05) is 36.0 Å². The average molecular weight is 229 g/mol. The summed E-state index contributed by atoms with van der Waals surface area (Å²) < 4.78 is 26.5. The van der Waals surface area contributed by atoms with Crippen LogP contribution in [0, 0.1) is 0 Å². The van der Waals surface area contributed by atoms with Crippen molar-refractivity contribution in [2.24, 2.45) is 0 Å². The third-order valence-corrected chi connectivity index (χ3v) is 3.38. The molecule has 0 spiro atoms. The number of rotatable bonds is 2. The Morgan fingerprint density at radius 3 is 2.50 bits per heavy atom. The average Bonchev–Trinajstić information content (AvgIpc) is 2.10. The fourth-order valence-electron chi connectivity index (χ4n) is 0.932. The monoisotopic (exact) mass is 229 g/mol. The minimum Gasteiger partial charge on any atom is -0.508 e. The summed E-state index contributed by atoms with van der Waals surface area (Å²) in [5.74, 6) is -0.0732. The van der Waals surface area contributed by atoms with Crippen LogP contribution in [0.4, 0.5) is 0 Å². The van der Waals surface area contributed by atoms with Gasteiger partial charge in [0.25, 0.3) is 0 Å². The molecule has 0 saturated carbocycles. The zero-order valence-electron chi connectivity index (χ0n) is 7.97. The van der Waals surface area contributed by atoms with Crippen molar-refractivity contribution in [3.8, 4) is 0 Å². The Balaban J connectivity index is 0.00000169. The Bertz CT molecular complexity index is 358. The van der Waals surface area contributed by atoms with Crippen molar-refractivity contribution in [1.29, 1.82) is 0 Å². The standard InChI is InChI=1S/C7H10O5S.Na/c1-12-13(10,11)7(9)4-2-6(8)3-5-7;/h2-4,8-9H,5H2,1H3;. The molecule has 0 aliphatic heterocycles. The minimum atomic E-state index is -4.03. The smallest absolute Gasteiger partial charge is 0.301 e. The van der Waals surface area contributed by atoms with Gasteiger partial charge in [0.15, 0.2) is 0 Å². The Morgan fingerprint density at radius 1 is 1.57 bits per heavy atom. The van der Waals surface area contributed by atoms with Gasteiger partial charge in [-0.25, -0.2) is 0 Å². The molecule has 0 amide bonds. The first kappa shape index (κ1) is 14.2. The number of hydrogen-bond acceptors (Lipinski definition) is 5. The van der Waals surface area contributed by atoms with Crippen LogP contribution in [0.25, 0.3) is 0 Å². The number of hydrogen-bond donors (Lipinski definition) is 2. The molecular weight excluding hydrogens is 219 g/mol. The van der Waals surface area contributed by atoms with Crippen molar-refractivity contribution in [2.75, 3.05) is 7.11 Å². The van der Waals surface area contributed by atoms with Crippen LogP contribution in [-0.2, 0) is 14.3 Å². The predicted molar refractivity (Wildman–Crippen MR) is 51.1 cm³/mol. The molecule has 1 radical (unpaired) electrons. The first-order valence-electron chi connectivity index (χ1n) is 3.52. The van der Waals surface area contributed by atoms with Gasteiger partial charge in [-0.2, -0.15) is 8.42 Å². The van der Waals surface area contributed by atoms with Crippen LogP contribution >= 0.6 is 0 Å². The quantitative estimate of drug-likeness (QED) is 0.500. The summed E-state index contributed by atoms with van der Waals surface area (Å²) in [6.07, 6.45) is 3.09. The van der Waals surface area contributed by atoms with Crippen molar-refractivity contribution in [1.82, 2.24) is 0 Å². The predicted octanol–water partition coefficient (Wildman–Crippen LogP) is -0.328. The van der Waals surface area contributed by atoms with Crippen LogP contribution < -0.4 is 0 Å². The van der Waals surface area contributed by atoms with Gasteiger partial charge in [0.1, 0.15) is 5.76 Å². The summed E-state index contributed by atoms with van der Waals surface area (Å²) in [5, 5.41) is 18.5. The molecule has 1 aliphatic rings. The maximum absolute atomic E-state index is 11.1. The van der Waals surface area contributed by atoms with Crippen molar-refractivity contribution in [3.63, 3.8) is 0 Å². The van der Waals surface area contributed by atoms with Crippen LogP contribution in [0.15, 0.2) is 24.0 Å². The van der Waals surface area contributed by atoms with Gasteiger partial charge in [-0.1, -0.05) is 0 Å². The zero-order chi connectivity index (χ0) is 10.1. The maximum atomic E-state index is 11.1. The molecule has 14 heavy (non-hydrogen) atoms. The molecule has 0 heterocycles. The van der Waals surface area contributed by atoms with E-state index in [9.17, 15) is 13.5 Å². The number of aliphatic hydroxyl groups excluding tert-OH is 1. The molecule has 0 saturated heterocycles. The molecular formula is C7H10NaO5S. The maximum Gasteiger partial charge on any atom is 0.301 e. The Hall–Kier alpha value is 0.150. The van der Waals surface area contributed by atoms with Gasteiger partial charge in [-0.15, -0.1) is 0 Å². The number of aliphatic hydroxyl groups is 2. The normalized spacial score (nSPS) is 26.6. The number of allylic oxidation sites excluding steroid dienone is 1. The van der Waals surface area contributed by atoms with E-state index in [0.717, 1.165) is 19.3 Å². The molecule has 0 aromatic carbocycles. The van der Waals surface area contributed by atoms with Crippen molar-refractivity contribution < 1.29 is 22.8 Å². The molecule has 5 nitrogen and oxygen atoms in total. The molecule has 1 aliphatic carbocycles. The molecule has 1 unspecified atom stereocenters. The van der Waals surface area contributed by atoms with E-state index in [2.05, 4.69) is 4.18 Å². The molecule has 0 bridgehead atoms. The zero-order valence-corrected chi connectivity index (χ0v) is 10.8. The van der Waals surface area contributed by atoms with E-state index < -0.39 is 15.1 Å². The van der Waals surface area contributed by atoms with Crippen LogP contribution in [-0.4, -0.2) is 60.2 Å². The van der Waals surface area contributed by atoms with Crippen LogP contribution in [0.2, 0.25) is 0 Å². The van der Waals surface area contributed by atoms with Gasteiger partial charge in [-0.05, 0) is 18.2 Å². The Morgan fingerprint density at radius 2 is 2.14 bits per heavy atom. The van der Waals surface area contributed by atoms with Crippen molar-refractivity contribution >= 4 is 39.7 Å². The molecule has 1 atom stereocenters. The molecule has 0 aromatic rings. The largest absolute Gasteiger partial charge is 0.508 e. The molecule has 1 rings (SSSR count). The van der Waals surface area contributed by atoms with Gasteiger partial charge in [0.2, 0.25) is 4.93 Å².